The van der Waals surface area contributed by atoms with E-state index in [0.717, 1.165) is 13.2 Å². The second-order valence-electron chi connectivity index (χ2n) is 5.30. The van der Waals surface area contributed by atoms with Crippen LogP contribution in [0.15, 0.2) is 29.2 Å². The van der Waals surface area contributed by atoms with E-state index in [1.54, 1.807) is 0 Å². The van der Waals surface area contributed by atoms with Gasteiger partial charge in [0.25, 0.3) is 0 Å². The van der Waals surface area contributed by atoms with Crippen molar-refractivity contribution in [2.24, 2.45) is 0 Å². The van der Waals surface area contributed by atoms with Crippen molar-refractivity contribution in [2.75, 3.05) is 18.9 Å². The molecule has 0 saturated carbocycles. The van der Waals surface area contributed by atoms with E-state index in [4.69, 9.17) is 4.74 Å². The first kappa shape index (κ1) is 13.9. The van der Waals surface area contributed by atoms with E-state index in [0.29, 0.717) is 6.04 Å². The van der Waals surface area contributed by atoms with E-state index in [1.165, 1.54) is 22.6 Å². The van der Waals surface area contributed by atoms with Crippen LogP contribution in [0, 0.1) is 0 Å². The lowest BCUT2D eigenvalue weighted by Gasteiger charge is -2.31. The average molecular weight is 265 g/mol. The molecule has 0 amide bonds. The molecular formula is C15H23NOS. The fourth-order valence-corrected chi connectivity index (χ4v) is 3.49. The zero-order valence-electron chi connectivity index (χ0n) is 11.5. The molecular weight excluding hydrogens is 242 g/mol. The molecule has 1 unspecified atom stereocenters. The number of hydrogen-bond donors (Lipinski definition) is 1. The highest BCUT2D eigenvalue weighted by molar-refractivity contribution is 7.99. The van der Waals surface area contributed by atoms with Crippen molar-refractivity contribution in [3.63, 3.8) is 0 Å². The van der Waals surface area contributed by atoms with Gasteiger partial charge in [0.15, 0.2) is 0 Å². The van der Waals surface area contributed by atoms with Crippen molar-refractivity contribution in [1.29, 1.82) is 0 Å². The molecule has 1 aliphatic heterocycles. The first-order valence-electron chi connectivity index (χ1n) is 6.71. The van der Waals surface area contributed by atoms with Crippen molar-refractivity contribution in [3.8, 4) is 0 Å². The molecule has 18 heavy (non-hydrogen) atoms. The highest BCUT2D eigenvalue weighted by Gasteiger charge is 2.23. The summed E-state index contributed by atoms with van der Waals surface area (Å²) in [5, 5.41) is 3.66. The SMILES string of the molecule is CCOC(C)(C)CNC1CCSc2ccccc21. The fraction of sp³-hybridized carbons (Fsp3) is 0.600. The Morgan fingerprint density at radius 3 is 2.94 bits per heavy atom. The molecule has 0 saturated heterocycles. The van der Waals surface area contributed by atoms with Crippen LogP contribution in [0.5, 0.6) is 0 Å². The van der Waals surface area contributed by atoms with Crippen LogP contribution in [0.4, 0.5) is 0 Å². The third-order valence-corrected chi connectivity index (χ3v) is 4.39. The highest BCUT2D eigenvalue weighted by Crippen LogP contribution is 2.35. The van der Waals surface area contributed by atoms with Crippen molar-refractivity contribution < 1.29 is 4.74 Å². The molecule has 0 aromatic heterocycles. The Hall–Kier alpha value is -0.510. The molecule has 3 heteroatoms. The monoisotopic (exact) mass is 265 g/mol. The van der Waals surface area contributed by atoms with E-state index in [9.17, 15) is 0 Å². The number of nitrogens with one attached hydrogen (secondary N) is 1. The van der Waals surface area contributed by atoms with Gasteiger partial charge in [-0.25, -0.2) is 0 Å². The summed E-state index contributed by atoms with van der Waals surface area (Å²) < 4.78 is 5.74. The van der Waals surface area contributed by atoms with Gasteiger partial charge >= 0.3 is 0 Å². The Bertz CT molecular complexity index is 392. The molecule has 1 aromatic rings. The van der Waals surface area contributed by atoms with E-state index < -0.39 is 0 Å². The van der Waals surface area contributed by atoms with Crippen LogP contribution < -0.4 is 5.32 Å². The molecule has 1 N–H and O–H groups in total. The van der Waals surface area contributed by atoms with Crippen LogP contribution >= 0.6 is 11.8 Å². The molecule has 1 aromatic carbocycles. The molecule has 2 rings (SSSR count). The van der Waals surface area contributed by atoms with E-state index in [1.807, 2.05) is 18.7 Å². The summed E-state index contributed by atoms with van der Waals surface area (Å²) in [5.41, 5.74) is 1.36. The summed E-state index contributed by atoms with van der Waals surface area (Å²) >= 11 is 1.96. The Kier molecular flexibility index (Phi) is 4.71. The second kappa shape index (κ2) is 6.09. The van der Waals surface area contributed by atoms with Gasteiger partial charge in [-0.05, 0) is 44.6 Å². The predicted octanol–water partition coefficient (Wildman–Crippen LogP) is 3.63. The van der Waals surface area contributed by atoms with Gasteiger partial charge in [-0.2, -0.15) is 0 Å². The minimum Gasteiger partial charge on any atom is -0.375 e. The maximum Gasteiger partial charge on any atom is 0.0750 e. The minimum atomic E-state index is -0.0890. The summed E-state index contributed by atoms with van der Waals surface area (Å²) in [7, 11) is 0. The zero-order chi connectivity index (χ0) is 13.0. The van der Waals surface area contributed by atoms with Gasteiger partial charge in [0, 0.05) is 24.1 Å². The quantitative estimate of drug-likeness (QED) is 0.878. The Labute approximate surface area is 114 Å². The number of hydrogen-bond acceptors (Lipinski definition) is 3. The van der Waals surface area contributed by atoms with Gasteiger partial charge in [0.05, 0.1) is 5.60 Å². The first-order chi connectivity index (χ1) is 8.62. The van der Waals surface area contributed by atoms with Gasteiger partial charge in [-0.3, -0.25) is 0 Å². The lowest BCUT2D eigenvalue weighted by Crippen LogP contribution is -2.40. The number of rotatable bonds is 5. The van der Waals surface area contributed by atoms with Crippen molar-refractivity contribution >= 4 is 11.8 Å². The average Bonchev–Trinajstić information content (AvgIpc) is 2.36. The zero-order valence-corrected chi connectivity index (χ0v) is 12.3. The summed E-state index contributed by atoms with van der Waals surface area (Å²) in [6.45, 7) is 8.00. The molecule has 1 atom stereocenters. The summed E-state index contributed by atoms with van der Waals surface area (Å²) in [5.74, 6) is 1.20. The van der Waals surface area contributed by atoms with Gasteiger partial charge in [0.2, 0.25) is 0 Å². The highest BCUT2D eigenvalue weighted by atomic mass is 32.2. The molecule has 0 radical (unpaired) electrons. The largest absolute Gasteiger partial charge is 0.375 e. The van der Waals surface area contributed by atoms with Crippen molar-refractivity contribution in [1.82, 2.24) is 5.32 Å². The molecule has 2 nitrogen and oxygen atoms in total. The van der Waals surface area contributed by atoms with Gasteiger partial charge in [-0.15, -0.1) is 11.8 Å². The lowest BCUT2D eigenvalue weighted by molar-refractivity contribution is -0.0107. The third-order valence-electron chi connectivity index (χ3n) is 3.27. The van der Waals surface area contributed by atoms with E-state index in [-0.39, 0.29) is 5.60 Å². The van der Waals surface area contributed by atoms with Crippen molar-refractivity contribution in [3.05, 3.63) is 29.8 Å². The Morgan fingerprint density at radius 1 is 1.39 bits per heavy atom. The predicted molar refractivity (Wildman–Crippen MR) is 78.2 cm³/mol. The number of benzene rings is 1. The molecule has 100 valence electrons. The topological polar surface area (TPSA) is 21.3 Å². The Morgan fingerprint density at radius 2 is 2.17 bits per heavy atom. The minimum absolute atomic E-state index is 0.0890. The first-order valence-corrected chi connectivity index (χ1v) is 7.70. The van der Waals surface area contributed by atoms with Crippen LogP contribution in [-0.2, 0) is 4.74 Å². The van der Waals surface area contributed by atoms with E-state index >= 15 is 0 Å². The molecule has 0 aliphatic carbocycles. The van der Waals surface area contributed by atoms with Gasteiger partial charge in [-0.1, -0.05) is 18.2 Å². The van der Waals surface area contributed by atoms with Crippen LogP contribution in [0.3, 0.4) is 0 Å². The van der Waals surface area contributed by atoms with Crippen LogP contribution in [-0.4, -0.2) is 24.5 Å². The second-order valence-corrected chi connectivity index (χ2v) is 6.44. The number of thioether (sulfide) groups is 1. The van der Waals surface area contributed by atoms with Crippen molar-refractivity contribution in [2.45, 2.75) is 43.7 Å². The number of ether oxygens (including phenoxy) is 1. The smallest absolute Gasteiger partial charge is 0.0750 e. The molecule has 1 heterocycles. The lowest BCUT2D eigenvalue weighted by atomic mass is 10.0. The molecule has 1 aliphatic rings. The van der Waals surface area contributed by atoms with Crippen LogP contribution in [0.1, 0.15) is 38.8 Å². The molecule has 0 fully saturated rings. The van der Waals surface area contributed by atoms with Gasteiger partial charge < -0.3 is 10.1 Å². The summed E-state index contributed by atoms with van der Waals surface area (Å²) in [4.78, 5) is 1.43. The number of fused-ring (bicyclic) bond motifs is 1. The molecule has 0 bridgehead atoms. The summed E-state index contributed by atoms with van der Waals surface area (Å²) in [6, 6.07) is 9.20. The van der Waals surface area contributed by atoms with Crippen LogP contribution in [0.25, 0.3) is 0 Å². The van der Waals surface area contributed by atoms with E-state index in [2.05, 4.69) is 43.4 Å². The standard InChI is InChI=1S/C15H23NOS/c1-4-17-15(2,3)11-16-13-9-10-18-14-8-6-5-7-12(13)14/h5-8,13,16H,4,9-11H2,1-3H3. The normalized spacial score (nSPS) is 19.6. The third kappa shape index (κ3) is 3.50. The molecule has 0 spiro atoms. The fourth-order valence-electron chi connectivity index (χ4n) is 2.36. The maximum absolute atomic E-state index is 5.74. The maximum atomic E-state index is 5.74. The van der Waals surface area contributed by atoms with Crippen LogP contribution in [0.2, 0.25) is 0 Å². The Balaban J connectivity index is 1.99. The van der Waals surface area contributed by atoms with Gasteiger partial charge in [0.1, 0.15) is 0 Å². The summed E-state index contributed by atoms with van der Waals surface area (Å²) in [6.07, 6.45) is 1.20.